The molecule has 1 fully saturated rings. The van der Waals surface area contributed by atoms with Gasteiger partial charge in [0.05, 0.1) is 6.04 Å². The van der Waals surface area contributed by atoms with Crippen LogP contribution in [0.4, 0.5) is 11.8 Å². The van der Waals surface area contributed by atoms with Gasteiger partial charge in [0, 0.05) is 44.7 Å². The van der Waals surface area contributed by atoms with Crippen molar-refractivity contribution in [3.63, 3.8) is 0 Å². The Morgan fingerprint density at radius 2 is 2.14 bits per heavy atom. The highest BCUT2D eigenvalue weighted by atomic mass is 16.1. The zero-order chi connectivity index (χ0) is 14.8. The van der Waals surface area contributed by atoms with E-state index in [0.717, 1.165) is 31.0 Å². The van der Waals surface area contributed by atoms with E-state index in [9.17, 15) is 4.79 Å². The summed E-state index contributed by atoms with van der Waals surface area (Å²) >= 11 is 0. The third kappa shape index (κ3) is 3.01. The van der Waals surface area contributed by atoms with Crippen LogP contribution in [0.25, 0.3) is 0 Å². The molecule has 2 aromatic heterocycles. The number of rotatable bonds is 3. The van der Waals surface area contributed by atoms with Crippen molar-refractivity contribution < 1.29 is 4.79 Å². The van der Waals surface area contributed by atoms with Crippen LogP contribution in [0.3, 0.4) is 0 Å². The summed E-state index contributed by atoms with van der Waals surface area (Å²) in [7, 11) is 0. The summed E-state index contributed by atoms with van der Waals surface area (Å²) < 4.78 is 1.90. The molecule has 110 valence electrons. The fourth-order valence-electron chi connectivity index (χ4n) is 2.48. The number of nitrogens with zero attached hydrogens (tertiary/aromatic N) is 5. The van der Waals surface area contributed by atoms with E-state index in [1.165, 1.54) is 6.92 Å². The molecule has 3 heterocycles. The van der Waals surface area contributed by atoms with Gasteiger partial charge < -0.3 is 10.2 Å². The second kappa shape index (κ2) is 5.51. The number of aryl methyl sites for hydroxylation is 1. The van der Waals surface area contributed by atoms with Gasteiger partial charge in [-0.2, -0.15) is 5.10 Å². The Balaban J connectivity index is 1.67. The number of hydrogen-bond donors (Lipinski definition) is 1. The molecule has 3 rings (SSSR count). The van der Waals surface area contributed by atoms with Gasteiger partial charge in [-0.1, -0.05) is 0 Å². The van der Waals surface area contributed by atoms with Gasteiger partial charge in [-0.15, -0.1) is 0 Å². The molecule has 2 aromatic rings. The quantitative estimate of drug-likeness (QED) is 0.922. The number of nitrogens with one attached hydrogen (secondary N) is 1. The molecule has 0 radical (unpaired) electrons. The molecule has 7 heteroatoms. The minimum absolute atomic E-state index is 0.110. The molecule has 1 aliphatic heterocycles. The first-order valence-electron chi connectivity index (χ1n) is 6.98. The molecule has 0 spiro atoms. The zero-order valence-electron chi connectivity index (χ0n) is 12.2. The third-order valence-electron chi connectivity index (χ3n) is 3.50. The molecule has 1 amide bonds. The molecule has 0 saturated carbocycles. The first-order chi connectivity index (χ1) is 10.1. The largest absolute Gasteiger partial charge is 0.339 e. The van der Waals surface area contributed by atoms with Crippen LogP contribution in [-0.4, -0.2) is 38.7 Å². The van der Waals surface area contributed by atoms with Crippen molar-refractivity contribution in [2.45, 2.75) is 26.3 Å². The van der Waals surface area contributed by atoms with Crippen molar-refractivity contribution in [3.8, 4) is 0 Å². The van der Waals surface area contributed by atoms with Crippen molar-refractivity contribution in [2.24, 2.45) is 0 Å². The lowest BCUT2D eigenvalue weighted by molar-refractivity contribution is -0.114. The molecule has 7 nitrogen and oxygen atoms in total. The van der Waals surface area contributed by atoms with Gasteiger partial charge in [-0.25, -0.2) is 9.97 Å². The maximum absolute atomic E-state index is 11.0. The Bertz CT molecular complexity index is 635. The second-order valence-electron chi connectivity index (χ2n) is 5.31. The molecule has 0 bridgehead atoms. The summed E-state index contributed by atoms with van der Waals surface area (Å²) in [4.78, 5) is 21.9. The molecular formula is C14H18N6O. The van der Waals surface area contributed by atoms with Gasteiger partial charge in [0.15, 0.2) is 5.82 Å². The normalized spacial score (nSPS) is 18.0. The standard InChI is InChI=1S/C14H18N6O/c1-10-7-15-14(16-8-10)19-5-3-12(9-19)20-6-4-13(18-20)17-11(2)21/h4,6-8,12H,3,5,9H2,1-2H3,(H,17,18,21). The van der Waals surface area contributed by atoms with Gasteiger partial charge in [0.2, 0.25) is 11.9 Å². The van der Waals surface area contributed by atoms with Gasteiger partial charge in [-0.3, -0.25) is 9.48 Å². The van der Waals surface area contributed by atoms with Gasteiger partial charge in [0.25, 0.3) is 0 Å². The molecule has 21 heavy (non-hydrogen) atoms. The van der Waals surface area contributed by atoms with Gasteiger partial charge in [-0.05, 0) is 18.9 Å². The van der Waals surface area contributed by atoms with E-state index in [0.29, 0.717) is 5.82 Å². The maximum Gasteiger partial charge on any atom is 0.225 e. The molecule has 0 aliphatic carbocycles. The lowest BCUT2D eigenvalue weighted by Crippen LogP contribution is -2.23. The lowest BCUT2D eigenvalue weighted by Gasteiger charge is -2.16. The van der Waals surface area contributed by atoms with Crippen LogP contribution in [0.2, 0.25) is 0 Å². The maximum atomic E-state index is 11.0. The van der Waals surface area contributed by atoms with Crippen molar-refractivity contribution in [3.05, 3.63) is 30.2 Å². The van der Waals surface area contributed by atoms with Crippen LogP contribution >= 0.6 is 0 Å². The number of hydrogen-bond acceptors (Lipinski definition) is 5. The van der Waals surface area contributed by atoms with Gasteiger partial charge in [0.1, 0.15) is 0 Å². The lowest BCUT2D eigenvalue weighted by atomic mass is 10.3. The van der Waals surface area contributed by atoms with Crippen LogP contribution in [-0.2, 0) is 4.79 Å². The molecular weight excluding hydrogens is 268 g/mol. The molecule has 1 aliphatic rings. The number of amides is 1. The Morgan fingerprint density at radius 1 is 1.38 bits per heavy atom. The van der Waals surface area contributed by atoms with E-state index in [2.05, 4.69) is 25.3 Å². The van der Waals surface area contributed by atoms with Crippen LogP contribution in [0.15, 0.2) is 24.7 Å². The van der Waals surface area contributed by atoms with E-state index in [1.54, 1.807) is 0 Å². The van der Waals surface area contributed by atoms with E-state index in [4.69, 9.17) is 0 Å². The van der Waals surface area contributed by atoms with E-state index in [1.807, 2.05) is 36.3 Å². The Morgan fingerprint density at radius 3 is 2.86 bits per heavy atom. The highest BCUT2D eigenvalue weighted by Crippen LogP contribution is 2.24. The Hall–Kier alpha value is -2.44. The predicted octanol–water partition coefficient (Wildman–Crippen LogP) is 1.39. The van der Waals surface area contributed by atoms with Gasteiger partial charge >= 0.3 is 0 Å². The van der Waals surface area contributed by atoms with Crippen LogP contribution in [0.1, 0.15) is 24.9 Å². The monoisotopic (exact) mass is 286 g/mol. The van der Waals surface area contributed by atoms with Crippen LogP contribution in [0, 0.1) is 6.92 Å². The number of carbonyl (C=O) groups excluding carboxylic acids is 1. The average Bonchev–Trinajstić information content (AvgIpc) is 3.07. The average molecular weight is 286 g/mol. The fourth-order valence-corrected chi connectivity index (χ4v) is 2.48. The van der Waals surface area contributed by atoms with Crippen molar-refractivity contribution in [2.75, 3.05) is 23.3 Å². The highest BCUT2D eigenvalue weighted by Gasteiger charge is 2.26. The summed E-state index contributed by atoms with van der Waals surface area (Å²) in [5.41, 5.74) is 1.06. The molecule has 1 N–H and O–H groups in total. The summed E-state index contributed by atoms with van der Waals surface area (Å²) in [5.74, 6) is 1.24. The van der Waals surface area contributed by atoms with Crippen LogP contribution < -0.4 is 10.2 Å². The SMILES string of the molecule is CC(=O)Nc1ccn(C2CCN(c3ncc(C)cn3)C2)n1. The van der Waals surface area contributed by atoms with Crippen molar-refractivity contribution >= 4 is 17.7 Å². The molecule has 1 atom stereocenters. The smallest absolute Gasteiger partial charge is 0.225 e. The highest BCUT2D eigenvalue weighted by molar-refractivity contribution is 5.87. The summed E-state index contributed by atoms with van der Waals surface area (Å²) in [6.07, 6.45) is 6.55. The fraction of sp³-hybridized carbons (Fsp3) is 0.429. The number of aromatic nitrogens is 4. The summed E-state index contributed by atoms with van der Waals surface area (Å²) in [5, 5.41) is 7.08. The van der Waals surface area contributed by atoms with E-state index >= 15 is 0 Å². The molecule has 1 unspecified atom stereocenters. The minimum atomic E-state index is -0.110. The van der Waals surface area contributed by atoms with Crippen molar-refractivity contribution in [1.29, 1.82) is 0 Å². The number of anilines is 2. The number of carbonyl (C=O) groups is 1. The molecule has 0 aromatic carbocycles. The summed E-state index contributed by atoms with van der Waals surface area (Å²) in [6.45, 7) is 5.18. The summed E-state index contributed by atoms with van der Waals surface area (Å²) in [6, 6.07) is 2.09. The second-order valence-corrected chi connectivity index (χ2v) is 5.31. The zero-order valence-corrected chi connectivity index (χ0v) is 12.2. The first kappa shape index (κ1) is 13.5. The van der Waals surface area contributed by atoms with Crippen molar-refractivity contribution in [1.82, 2.24) is 19.7 Å². The Labute approximate surface area is 123 Å². The van der Waals surface area contributed by atoms with E-state index in [-0.39, 0.29) is 11.9 Å². The molecule has 1 saturated heterocycles. The minimum Gasteiger partial charge on any atom is -0.339 e. The first-order valence-corrected chi connectivity index (χ1v) is 6.98. The Kier molecular flexibility index (Phi) is 3.55. The van der Waals surface area contributed by atoms with E-state index < -0.39 is 0 Å². The topological polar surface area (TPSA) is 75.9 Å². The predicted molar refractivity (Wildman–Crippen MR) is 79.2 cm³/mol. The van der Waals surface area contributed by atoms with Crippen LogP contribution in [0.5, 0.6) is 0 Å². The third-order valence-corrected chi connectivity index (χ3v) is 3.50.